The van der Waals surface area contributed by atoms with Crippen LogP contribution in [0.15, 0.2) is 22.7 Å². The number of ether oxygens (including phenoxy) is 1. The second-order valence-electron chi connectivity index (χ2n) is 3.92. The quantitative estimate of drug-likeness (QED) is 0.708. The molecule has 0 bridgehead atoms. The molecule has 1 aromatic carbocycles. The standard InChI is InChI=1S/C12H13BrClNO5/c1-6(11(17)15-9(5-16)12(18)19)20-10-3-2-7(14)4-8(10)13/h2-4,6,9,16H,5H2,1H3,(H,15,17)(H,18,19). The predicted octanol–water partition coefficient (Wildman–Crippen LogP) is 1.43. The van der Waals surface area contributed by atoms with Gasteiger partial charge in [-0.3, -0.25) is 4.79 Å². The van der Waals surface area contributed by atoms with Crippen molar-refractivity contribution in [3.63, 3.8) is 0 Å². The SMILES string of the molecule is CC(Oc1ccc(Cl)cc1Br)C(=O)NC(CO)C(=O)O. The Morgan fingerprint density at radius 2 is 2.15 bits per heavy atom. The molecule has 8 heteroatoms. The summed E-state index contributed by atoms with van der Waals surface area (Å²) in [5.41, 5.74) is 0. The lowest BCUT2D eigenvalue weighted by atomic mass is 10.2. The van der Waals surface area contributed by atoms with E-state index in [-0.39, 0.29) is 0 Å². The molecule has 0 fully saturated rings. The van der Waals surface area contributed by atoms with Crippen molar-refractivity contribution in [1.29, 1.82) is 0 Å². The summed E-state index contributed by atoms with van der Waals surface area (Å²) in [4.78, 5) is 22.4. The predicted molar refractivity (Wildman–Crippen MR) is 75.9 cm³/mol. The molecule has 0 saturated heterocycles. The molecule has 0 aromatic heterocycles. The molecule has 0 aliphatic carbocycles. The molecule has 20 heavy (non-hydrogen) atoms. The van der Waals surface area contributed by atoms with E-state index in [1.54, 1.807) is 18.2 Å². The van der Waals surface area contributed by atoms with Gasteiger partial charge in [0.2, 0.25) is 0 Å². The zero-order valence-corrected chi connectivity index (χ0v) is 12.8. The Labute approximate surface area is 128 Å². The number of nitrogens with one attached hydrogen (secondary N) is 1. The first-order valence-corrected chi connectivity index (χ1v) is 6.78. The van der Waals surface area contributed by atoms with Crippen LogP contribution in [-0.2, 0) is 9.59 Å². The van der Waals surface area contributed by atoms with E-state index in [1.807, 2.05) is 0 Å². The Morgan fingerprint density at radius 1 is 1.50 bits per heavy atom. The van der Waals surface area contributed by atoms with Crippen LogP contribution in [0.1, 0.15) is 6.92 Å². The van der Waals surface area contributed by atoms with Gasteiger partial charge in [-0.15, -0.1) is 0 Å². The summed E-state index contributed by atoms with van der Waals surface area (Å²) >= 11 is 9.02. The first-order valence-electron chi connectivity index (χ1n) is 5.61. The van der Waals surface area contributed by atoms with Gasteiger partial charge in [0.05, 0.1) is 11.1 Å². The van der Waals surface area contributed by atoms with E-state index < -0.39 is 30.6 Å². The van der Waals surface area contributed by atoms with Crippen molar-refractivity contribution in [2.24, 2.45) is 0 Å². The topological polar surface area (TPSA) is 95.9 Å². The Balaban J connectivity index is 2.68. The summed E-state index contributed by atoms with van der Waals surface area (Å²) in [6, 6.07) is 3.42. The molecule has 0 aliphatic rings. The maximum atomic E-state index is 11.7. The smallest absolute Gasteiger partial charge is 0.328 e. The van der Waals surface area contributed by atoms with Gasteiger partial charge in [-0.1, -0.05) is 11.6 Å². The third-order valence-electron chi connectivity index (χ3n) is 2.36. The molecule has 0 heterocycles. The van der Waals surface area contributed by atoms with Gasteiger partial charge in [0, 0.05) is 5.02 Å². The molecule has 0 saturated carbocycles. The van der Waals surface area contributed by atoms with Crippen LogP contribution in [0.5, 0.6) is 5.75 Å². The third-order valence-corrected chi connectivity index (χ3v) is 3.22. The minimum atomic E-state index is -1.36. The van der Waals surface area contributed by atoms with Gasteiger partial charge >= 0.3 is 5.97 Å². The molecule has 0 aliphatic heterocycles. The van der Waals surface area contributed by atoms with E-state index >= 15 is 0 Å². The molecule has 1 rings (SSSR count). The number of aliphatic hydroxyl groups excluding tert-OH is 1. The number of carbonyl (C=O) groups is 2. The van der Waals surface area contributed by atoms with Crippen molar-refractivity contribution >= 4 is 39.4 Å². The summed E-state index contributed by atoms with van der Waals surface area (Å²) in [5, 5.41) is 20.2. The zero-order valence-electron chi connectivity index (χ0n) is 10.5. The number of aliphatic carboxylic acids is 1. The van der Waals surface area contributed by atoms with Gasteiger partial charge in [0.1, 0.15) is 11.8 Å². The van der Waals surface area contributed by atoms with E-state index in [4.69, 9.17) is 26.6 Å². The van der Waals surface area contributed by atoms with Crippen molar-refractivity contribution in [2.45, 2.75) is 19.1 Å². The summed E-state index contributed by atoms with van der Waals surface area (Å²) in [7, 11) is 0. The maximum absolute atomic E-state index is 11.7. The fourth-order valence-corrected chi connectivity index (χ4v) is 2.07. The van der Waals surface area contributed by atoms with Gasteiger partial charge in [0.15, 0.2) is 6.10 Å². The normalized spacial score (nSPS) is 13.4. The van der Waals surface area contributed by atoms with Crippen LogP contribution in [-0.4, -0.2) is 40.8 Å². The summed E-state index contributed by atoms with van der Waals surface area (Å²) in [5.74, 6) is -1.57. The van der Waals surface area contributed by atoms with Crippen LogP contribution in [0.3, 0.4) is 0 Å². The largest absolute Gasteiger partial charge is 0.480 e. The molecule has 0 radical (unpaired) electrons. The number of hydrogen-bond donors (Lipinski definition) is 3. The first kappa shape index (κ1) is 16.7. The van der Waals surface area contributed by atoms with E-state index in [1.165, 1.54) is 6.92 Å². The monoisotopic (exact) mass is 365 g/mol. The minimum absolute atomic E-state index is 0.396. The number of carboxylic acids is 1. The first-order chi connectivity index (χ1) is 9.35. The highest BCUT2D eigenvalue weighted by molar-refractivity contribution is 9.10. The lowest BCUT2D eigenvalue weighted by Gasteiger charge is -2.18. The Hall–Kier alpha value is -1.31. The van der Waals surface area contributed by atoms with Gasteiger partial charge < -0.3 is 20.3 Å². The Bertz CT molecular complexity index is 511. The van der Waals surface area contributed by atoms with Crippen LogP contribution in [0, 0.1) is 0 Å². The van der Waals surface area contributed by atoms with Crippen molar-refractivity contribution < 1.29 is 24.5 Å². The second kappa shape index (κ2) is 7.47. The number of benzene rings is 1. The van der Waals surface area contributed by atoms with Crippen LogP contribution in [0.25, 0.3) is 0 Å². The van der Waals surface area contributed by atoms with Crippen molar-refractivity contribution in [3.8, 4) is 5.75 Å². The fourth-order valence-electron chi connectivity index (χ4n) is 1.29. The zero-order chi connectivity index (χ0) is 15.3. The Morgan fingerprint density at radius 3 is 2.65 bits per heavy atom. The van der Waals surface area contributed by atoms with Crippen molar-refractivity contribution in [3.05, 3.63) is 27.7 Å². The number of aliphatic hydroxyl groups is 1. The van der Waals surface area contributed by atoms with Crippen molar-refractivity contribution in [2.75, 3.05) is 6.61 Å². The lowest BCUT2D eigenvalue weighted by Crippen LogP contribution is -2.48. The van der Waals surface area contributed by atoms with Crippen LogP contribution in [0.4, 0.5) is 0 Å². The number of carbonyl (C=O) groups excluding carboxylic acids is 1. The van der Waals surface area contributed by atoms with E-state index in [0.29, 0.717) is 15.2 Å². The minimum Gasteiger partial charge on any atom is -0.480 e. The summed E-state index contributed by atoms with van der Waals surface area (Å²) in [6.45, 7) is 0.769. The van der Waals surface area contributed by atoms with E-state index in [9.17, 15) is 9.59 Å². The van der Waals surface area contributed by atoms with Gasteiger partial charge in [-0.05, 0) is 41.1 Å². The van der Waals surface area contributed by atoms with Gasteiger partial charge in [-0.2, -0.15) is 0 Å². The van der Waals surface area contributed by atoms with E-state index in [2.05, 4.69) is 21.2 Å². The molecular weight excluding hydrogens is 353 g/mol. The highest BCUT2D eigenvalue weighted by Crippen LogP contribution is 2.28. The van der Waals surface area contributed by atoms with Crippen molar-refractivity contribution in [1.82, 2.24) is 5.32 Å². The molecule has 0 spiro atoms. The molecule has 2 atom stereocenters. The average molecular weight is 367 g/mol. The number of carboxylic acid groups (broad SMARTS) is 1. The maximum Gasteiger partial charge on any atom is 0.328 e. The van der Waals surface area contributed by atoms with E-state index in [0.717, 1.165) is 0 Å². The van der Waals surface area contributed by atoms with Crippen LogP contribution < -0.4 is 10.1 Å². The molecule has 2 unspecified atom stereocenters. The third kappa shape index (κ3) is 4.66. The second-order valence-corrected chi connectivity index (χ2v) is 5.21. The molecule has 6 nitrogen and oxygen atoms in total. The summed E-state index contributed by atoms with van der Waals surface area (Å²) < 4.78 is 5.97. The highest BCUT2D eigenvalue weighted by atomic mass is 79.9. The number of amides is 1. The number of halogens is 2. The molecule has 110 valence electrons. The Kier molecular flexibility index (Phi) is 6.25. The highest BCUT2D eigenvalue weighted by Gasteiger charge is 2.23. The average Bonchev–Trinajstić information content (AvgIpc) is 2.38. The molecule has 1 aromatic rings. The molecular formula is C12H13BrClNO5. The summed E-state index contributed by atoms with van der Waals surface area (Å²) in [6.07, 6.45) is -0.930. The number of hydrogen-bond acceptors (Lipinski definition) is 4. The van der Waals surface area contributed by atoms with Gasteiger partial charge in [-0.25, -0.2) is 4.79 Å². The fraction of sp³-hybridized carbons (Fsp3) is 0.333. The molecule has 3 N–H and O–H groups in total. The van der Waals surface area contributed by atoms with Crippen LogP contribution >= 0.6 is 27.5 Å². The lowest BCUT2D eigenvalue weighted by molar-refractivity contribution is -0.144. The molecule has 1 amide bonds. The number of rotatable bonds is 6. The van der Waals surface area contributed by atoms with Crippen LogP contribution in [0.2, 0.25) is 5.02 Å². The van der Waals surface area contributed by atoms with Gasteiger partial charge in [0.25, 0.3) is 5.91 Å².